The standard InChI is InChI=1S/C10H14ClN3O2S/c11-9-2-1-3-10(8-9)13-17(15,16)14-6-4-12-5-7-14/h1-3,8,12-13H,4-7H2. The van der Waals surface area contributed by atoms with E-state index in [2.05, 4.69) is 10.0 Å². The highest BCUT2D eigenvalue weighted by Crippen LogP contribution is 2.17. The average molecular weight is 276 g/mol. The third-order valence-electron chi connectivity index (χ3n) is 2.49. The molecule has 1 aliphatic rings. The highest BCUT2D eigenvalue weighted by molar-refractivity contribution is 7.90. The summed E-state index contributed by atoms with van der Waals surface area (Å²) < 4.78 is 28.0. The van der Waals surface area contributed by atoms with Gasteiger partial charge in [-0.25, -0.2) is 0 Å². The topological polar surface area (TPSA) is 61.4 Å². The molecular formula is C10H14ClN3O2S. The number of nitrogens with zero attached hydrogens (tertiary/aromatic N) is 1. The van der Waals surface area contributed by atoms with Gasteiger partial charge in [0.05, 0.1) is 5.69 Å². The van der Waals surface area contributed by atoms with Gasteiger partial charge in [0.15, 0.2) is 0 Å². The fourth-order valence-electron chi connectivity index (χ4n) is 1.65. The first-order chi connectivity index (χ1) is 8.08. The summed E-state index contributed by atoms with van der Waals surface area (Å²) in [4.78, 5) is 0. The van der Waals surface area contributed by atoms with Crippen LogP contribution in [0.2, 0.25) is 5.02 Å². The Morgan fingerprint density at radius 2 is 2.00 bits per heavy atom. The third kappa shape index (κ3) is 3.32. The Morgan fingerprint density at radius 3 is 2.65 bits per heavy atom. The van der Waals surface area contributed by atoms with Gasteiger partial charge in [0.2, 0.25) is 0 Å². The molecule has 5 nitrogen and oxygen atoms in total. The molecule has 2 rings (SSSR count). The van der Waals surface area contributed by atoms with Gasteiger partial charge in [-0.15, -0.1) is 0 Å². The van der Waals surface area contributed by atoms with E-state index < -0.39 is 10.2 Å². The fourth-order valence-corrected chi connectivity index (χ4v) is 3.06. The van der Waals surface area contributed by atoms with E-state index in [1.165, 1.54) is 4.31 Å². The number of hydrogen-bond donors (Lipinski definition) is 2. The minimum Gasteiger partial charge on any atom is -0.314 e. The van der Waals surface area contributed by atoms with Gasteiger partial charge in [-0.3, -0.25) is 4.72 Å². The average Bonchev–Trinajstić information content (AvgIpc) is 2.29. The number of benzene rings is 1. The molecule has 1 aromatic rings. The van der Waals surface area contributed by atoms with Crippen molar-refractivity contribution in [1.82, 2.24) is 9.62 Å². The molecule has 94 valence electrons. The summed E-state index contributed by atoms with van der Waals surface area (Å²) in [6.07, 6.45) is 0. The zero-order valence-electron chi connectivity index (χ0n) is 9.19. The van der Waals surface area contributed by atoms with E-state index in [9.17, 15) is 8.42 Å². The van der Waals surface area contributed by atoms with Crippen LogP contribution in [0.1, 0.15) is 0 Å². The molecule has 7 heteroatoms. The normalized spacial score (nSPS) is 17.9. The van der Waals surface area contributed by atoms with Crippen molar-refractivity contribution >= 4 is 27.5 Å². The van der Waals surface area contributed by atoms with Crippen molar-refractivity contribution in [3.63, 3.8) is 0 Å². The van der Waals surface area contributed by atoms with Gasteiger partial charge < -0.3 is 5.32 Å². The van der Waals surface area contributed by atoms with Crippen molar-refractivity contribution < 1.29 is 8.42 Å². The Hall–Kier alpha value is -0.820. The predicted molar refractivity (Wildman–Crippen MR) is 68.4 cm³/mol. The van der Waals surface area contributed by atoms with E-state index in [4.69, 9.17) is 11.6 Å². The van der Waals surface area contributed by atoms with E-state index in [1.54, 1.807) is 24.3 Å². The summed E-state index contributed by atoms with van der Waals surface area (Å²) in [6.45, 7) is 2.32. The zero-order valence-corrected chi connectivity index (χ0v) is 10.8. The van der Waals surface area contributed by atoms with E-state index in [-0.39, 0.29) is 0 Å². The second-order valence-corrected chi connectivity index (χ2v) is 5.87. The van der Waals surface area contributed by atoms with E-state index in [0.29, 0.717) is 36.9 Å². The summed E-state index contributed by atoms with van der Waals surface area (Å²) in [6, 6.07) is 6.66. The molecule has 0 aromatic heterocycles. The summed E-state index contributed by atoms with van der Waals surface area (Å²) in [7, 11) is -3.47. The summed E-state index contributed by atoms with van der Waals surface area (Å²) in [5, 5.41) is 3.61. The van der Waals surface area contributed by atoms with Crippen LogP contribution < -0.4 is 10.0 Å². The van der Waals surface area contributed by atoms with Crippen LogP contribution in [0.25, 0.3) is 0 Å². The van der Waals surface area contributed by atoms with Gasteiger partial charge in [0, 0.05) is 31.2 Å². The minimum absolute atomic E-state index is 0.482. The molecule has 0 amide bonds. The first-order valence-electron chi connectivity index (χ1n) is 5.32. The van der Waals surface area contributed by atoms with E-state index >= 15 is 0 Å². The molecular weight excluding hydrogens is 262 g/mol. The van der Waals surface area contributed by atoms with Crippen LogP contribution in [0.3, 0.4) is 0 Å². The van der Waals surface area contributed by atoms with Gasteiger partial charge in [0.1, 0.15) is 0 Å². The minimum atomic E-state index is -3.47. The maximum Gasteiger partial charge on any atom is 0.301 e. The summed E-state index contributed by atoms with van der Waals surface area (Å²) >= 11 is 5.80. The Bertz CT molecular complexity index is 486. The molecule has 17 heavy (non-hydrogen) atoms. The first-order valence-corrected chi connectivity index (χ1v) is 7.14. The Kier molecular flexibility index (Phi) is 3.88. The lowest BCUT2D eigenvalue weighted by Gasteiger charge is -2.26. The monoisotopic (exact) mass is 275 g/mol. The predicted octanol–water partition coefficient (Wildman–Crippen LogP) is 0.902. The second-order valence-electron chi connectivity index (χ2n) is 3.77. The molecule has 0 unspecified atom stereocenters. The molecule has 0 radical (unpaired) electrons. The van der Waals surface area contributed by atoms with E-state index in [1.807, 2.05) is 0 Å². The highest BCUT2D eigenvalue weighted by Gasteiger charge is 2.23. The lowest BCUT2D eigenvalue weighted by atomic mass is 10.3. The van der Waals surface area contributed by atoms with Crippen molar-refractivity contribution in [2.45, 2.75) is 0 Å². The van der Waals surface area contributed by atoms with Crippen molar-refractivity contribution in [1.29, 1.82) is 0 Å². The molecule has 1 aromatic carbocycles. The van der Waals surface area contributed by atoms with Crippen LogP contribution in [-0.2, 0) is 10.2 Å². The maximum atomic E-state index is 12.0. The van der Waals surface area contributed by atoms with E-state index in [0.717, 1.165) is 0 Å². The van der Waals surface area contributed by atoms with Crippen LogP contribution in [0.4, 0.5) is 5.69 Å². The van der Waals surface area contributed by atoms with Gasteiger partial charge in [-0.1, -0.05) is 17.7 Å². The SMILES string of the molecule is O=S(=O)(Nc1cccc(Cl)c1)N1CCNCC1. The van der Waals surface area contributed by atoms with Crippen molar-refractivity contribution in [2.24, 2.45) is 0 Å². The largest absolute Gasteiger partial charge is 0.314 e. The smallest absolute Gasteiger partial charge is 0.301 e. The maximum absolute atomic E-state index is 12.0. The molecule has 1 fully saturated rings. The fraction of sp³-hybridized carbons (Fsp3) is 0.400. The van der Waals surface area contributed by atoms with Gasteiger partial charge in [-0.05, 0) is 18.2 Å². The van der Waals surface area contributed by atoms with Crippen molar-refractivity contribution in [3.05, 3.63) is 29.3 Å². The number of nitrogens with one attached hydrogen (secondary N) is 2. The third-order valence-corrected chi connectivity index (χ3v) is 4.26. The number of piperazine rings is 1. The molecule has 0 aliphatic carbocycles. The molecule has 2 N–H and O–H groups in total. The van der Waals surface area contributed by atoms with Crippen LogP contribution in [0.15, 0.2) is 24.3 Å². The molecule has 0 atom stereocenters. The van der Waals surface area contributed by atoms with Crippen LogP contribution in [-0.4, -0.2) is 38.9 Å². The first kappa shape index (κ1) is 12.6. The summed E-state index contributed by atoms with van der Waals surface area (Å²) in [5.41, 5.74) is 0.482. The Balaban J connectivity index is 2.11. The van der Waals surface area contributed by atoms with Gasteiger partial charge >= 0.3 is 10.2 Å². The molecule has 1 saturated heterocycles. The van der Waals surface area contributed by atoms with Gasteiger partial charge in [0.25, 0.3) is 0 Å². The van der Waals surface area contributed by atoms with Crippen molar-refractivity contribution in [3.8, 4) is 0 Å². The lowest BCUT2D eigenvalue weighted by Crippen LogP contribution is -2.48. The molecule has 0 saturated carbocycles. The molecule has 1 heterocycles. The number of hydrogen-bond acceptors (Lipinski definition) is 3. The number of anilines is 1. The quantitative estimate of drug-likeness (QED) is 0.862. The van der Waals surface area contributed by atoms with Gasteiger partial charge in [-0.2, -0.15) is 12.7 Å². The molecule has 0 bridgehead atoms. The summed E-state index contributed by atoms with van der Waals surface area (Å²) in [5.74, 6) is 0. The van der Waals surface area contributed by atoms with Crippen LogP contribution in [0.5, 0.6) is 0 Å². The highest BCUT2D eigenvalue weighted by atomic mass is 35.5. The molecule has 1 aliphatic heterocycles. The lowest BCUT2D eigenvalue weighted by molar-refractivity contribution is 0.362. The zero-order chi connectivity index (χ0) is 12.3. The Labute approximate surface area is 106 Å². The number of halogens is 1. The number of rotatable bonds is 3. The van der Waals surface area contributed by atoms with Crippen LogP contribution >= 0.6 is 11.6 Å². The molecule has 0 spiro atoms. The second kappa shape index (κ2) is 5.22. The Morgan fingerprint density at radius 1 is 1.29 bits per heavy atom. The van der Waals surface area contributed by atoms with Crippen molar-refractivity contribution in [2.75, 3.05) is 30.9 Å². The van der Waals surface area contributed by atoms with Crippen LogP contribution in [0, 0.1) is 0 Å².